The number of rotatable bonds is 4. The van der Waals surface area contributed by atoms with E-state index in [-0.39, 0.29) is 29.6 Å². The summed E-state index contributed by atoms with van der Waals surface area (Å²) >= 11 is 0. The Morgan fingerprint density at radius 2 is 1.59 bits per heavy atom. The first kappa shape index (κ1) is 28.7. The van der Waals surface area contributed by atoms with Gasteiger partial charge in [0.05, 0.1) is 30.0 Å². The molecule has 0 spiro atoms. The summed E-state index contributed by atoms with van der Waals surface area (Å²) in [6.07, 6.45) is -9.59. The second-order valence-corrected chi connectivity index (χ2v) is 9.93. The highest BCUT2D eigenvalue weighted by Crippen LogP contribution is 2.38. The van der Waals surface area contributed by atoms with Crippen LogP contribution < -0.4 is 10.2 Å². The monoisotopic (exact) mass is 579 g/mol. The molecular weight excluding hydrogens is 552 g/mol. The molecule has 0 aliphatic carbocycles. The minimum Gasteiger partial charge on any atom is -0.378 e. The van der Waals surface area contributed by atoms with Gasteiger partial charge in [0.15, 0.2) is 0 Å². The normalized spacial score (nSPS) is 16.6. The zero-order valence-corrected chi connectivity index (χ0v) is 22.1. The lowest BCUT2D eigenvalue weighted by molar-refractivity contribution is -0.143. The Hall–Kier alpha value is -3.87. The predicted molar refractivity (Wildman–Crippen MR) is 140 cm³/mol. The van der Waals surface area contributed by atoms with Crippen LogP contribution in [0.4, 0.5) is 38.1 Å². The van der Waals surface area contributed by atoms with Gasteiger partial charge in [0.1, 0.15) is 11.4 Å². The van der Waals surface area contributed by atoms with Crippen molar-refractivity contribution in [3.05, 3.63) is 70.3 Å². The van der Waals surface area contributed by atoms with Crippen LogP contribution in [0.25, 0.3) is 11.3 Å². The lowest BCUT2D eigenvalue weighted by Crippen LogP contribution is -2.39. The van der Waals surface area contributed by atoms with Gasteiger partial charge in [-0.1, -0.05) is 24.3 Å². The Morgan fingerprint density at radius 3 is 2.22 bits per heavy atom. The molecule has 3 heterocycles. The molecule has 41 heavy (non-hydrogen) atoms. The number of aromatic nitrogens is 2. The van der Waals surface area contributed by atoms with Gasteiger partial charge < -0.3 is 19.9 Å². The Morgan fingerprint density at radius 1 is 0.927 bits per heavy atom. The Labute approximate surface area is 232 Å². The van der Waals surface area contributed by atoms with E-state index in [1.54, 1.807) is 12.1 Å². The highest BCUT2D eigenvalue weighted by molar-refractivity contribution is 6.05. The molecule has 2 aromatic carbocycles. The Bertz CT molecular complexity index is 1400. The highest BCUT2D eigenvalue weighted by atomic mass is 19.4. The van der Waals surface area contributed by atoms with E-state index in [1.807, 2.05) is 24.0 Å². The molecular formula is C28H27F6N5O2. The third-order valence-corrected chi connectivity index (χ3v) is 7.01. The van der Waals surface area contributed by atoms with Crippen LogP contribution in [0.2, 0.25) is 0 Å². The van der Waals surface area contributed by atoms with E-state index < -0.39 is 35.9 Å². The molecule has 2 aliphatic rings. The van der Waals surface area contributed by atoms with Gasteiger partial charge in [-0.2, -0.15) is 31.3 Å². The number of carbonyl (C=O) groups excluding carboxylic acids is 1. The average Bonchev–Trinajstić information content (AvgIpc) is 2.92. The summed E-state index contributed by atoms with van der Waals surface area (Å²) in [4.78, 5) is 26.7. The van der Waals surface area contributed by atoms with Crippen LogP contribution in [-0.2, 0) is 23.6 Å². The third kappa shape index (κ3) is 6.24. The van der Waals surface area contributed by atoms with Gasteiger partial charge in [-0.3, -0.25) is 4.79 Å². The lowest BCUT2D eigenvalue weighted by Gasteiger charge is -2.31. The maximum Gasteiger partial charge on any atom is 0.416 e. The van der Waals surface area contributed by atoms with Crippen LogP contribution >= 0.6 is 0 Å². The summed E-state index contributed by atoms with van der Waals surface area (Å²) in [6.45, 7) is 3.93. The molecule has 1 N–H and O–H groups in total. The van der Waals surface area contributed by atoms with E-state index in [2.05, 4.69) is 10.3 Å². The van der Waals surface area contributed by atoms with Crippen molar-refractivity contribution in [3.8, 4) is 11.3 Å². The van der Waals surface area contributed by atoms with Crippen LogP contribution in [0.15, 0.2) is 42.5 Å². The number of nitrogens with zero attached hydrogens (tertiary/aromatic N) is 4. The number of morpholine rings is 1. The molecule has 2 aliphatic heterocycles. The maximum atomic E-state index is 14.1. The van der Waals surface area contributed by atoms with Crippen molar-refractivity contribution in [2.45, 2.75) is 32.2 Å². The number of hydrogen-bond donors (Lipinski definition) is 1. The lowest BCUT2D eigenvalue weighted by atomic mass is 9.99. The number of amides is 1. The van der Waals surface area contributed by atoms with Crippen molar-refractivity contribution in [1.29, 1.82) is 0 Å². The van der Waals surface area contributed by atoms with Gasteiger partial charge in [0, 0.05) is 38.3 Å². The molecule has 1 aromatic heterocycles. The average molecular weight is 580 g/mol. The fraction of sp³-hybridized carbons (Fsp3) is 0.393. The minimum atomic E-state index is -4.99. The largest absolute Gasteiger partial charge is 0.416 e. The van der Waals surface area contributed by atoms with Gasteiger partial charge >= 0.3 is 12.4 Å². The maximum absolute atomic E-state index is 14.1. The Kier molecular flexibility index (Phi) is 7.82. The zero-order chi connectivity index (χ0) is 29.4. The van der Waals surface area contributed by atoms with Gasteiger partial charge in [-0.25, -0.2) is 4.98 Å². The molecule has 5 rings (SSSR count). The zero-order valence-electron chi connectivity index (χ0n) is 22.1. The van der Waals surface area contributed by atoms with E-state index in [0.717, 1.165) is 5.56 Å². The van der Waals surface area contributed by atoms with Gasteiger partial charge in [0.25, 0.3) is 5.91 Å². The molecule has 0 saturated carbocycles. The summed E-state index contributed by atoms with van der Waals surface area (Å²) in [5.74, 6) is 0.0600. The van der Waals surface area contributed by atoms with E-state index in [9.17, 15) is 31.1 Å². The minimum absolute atomic E-state index is 0.0787. The fourth-order valence-electron chi connectivity index (χ4n) is 4.94. The second-order valence-electron chi connectivity index (χ2n) is 9.93. The van der Waals surface area contributed by atoms with Crippen molar-refractivity contribution in [2.24, 2.45) is 0 Å². The molecule has 1 fully saturated rings. The number of nitrogens with one attached hydrogen (secondary N) is 1. The first-order chi connectivity index (χ1) is 19.4. The van der Waals surface area contributed by atoms with E-state index >= 15 is 0 Å². The van der Waals surface area contributed by atoms with Crippen molar-refractivity contribution in [3.63, 3.8) is 0 Å². The number of fused-ring (bicyclic) bond motifs is 1. The van der Waals surface area contributed by atoms with Crippen LogP contribution in [0.5, 0.6) is 0 Å². The number of hydrogen-bond acceptors (Lipinski definition) is 6. The second kappa shape index (κ2) is 11.2. The Balaban J connectivity index is 1.60. The molecule has 0 radical (unpaired) electrons. The third-order valence-electron chi connectivity index (χ3n) is 7.01. The van der Waals surface area contributed by atoms with Crippen LogP contribution in [0.3, 0.4) is 0 Å². The summed E-state index contributed by atoms with van der Waals surface area (Å²) < 4.78 is 86.4. The van der Waals surface area contributed by atoms with Gasteiger partial charge in [-0.15, -0.1) is 0 Å². The number of benzene rings is 2. The number of anilines is 2. The number of halogens is 6. The molecule has 1 saturated heterocycles. The van der Waals surface area contributed by atoms with E-state index in [4.69, 9.17) is 9.72 Å². The molecule has 0 atom stereocenters. The number of carbonyl (C=O) groups is 1. The van der Waals surface area contributed by atoms with Crippen LogP contribution in [0.1, 0.15) is 39.0 Å². The van der Waals surface area contributed by atoms with Crippen molar-refractivity contribution in [1.82, 2.24) is 14.9 Å². The summed E-state index contributed by atoms with van der Waals surface area (Å²) in [7, 11) is 0. The number of alkyl halides is 6. The molecule has 7 nitrogen and oxygen atoms in total. The molecule has 13 heteroatoms. The quantitative estimate of drug-likeness (QED) is 0.395. The molecule has 1 amide bonds. The molecule has 0 unspecified atom stereocenters. The standard InChI is InChI=1S/C28H27F6N5O2/c1-17-5-2-3-6-21(17)23-22-24(37-26(36-23)38-9-11-41-12-10-38)35-7-4-8-39(25(22)40)16-18-13-19(27(29,30)31)15-20(14-18)28(32,33)34/h2-3,5-6,13-15H,4,7-12,16H2,1H3,(H,35,36,37). The van der Waals surface area contributed by atoms with Crippen LogP contribution in [-0.4, -0.2) is 60.2 Å². The van der Waals surface area contributed by atoms with Crippen molar-refractivity contribution >= 4 is 17.7 Å². The van der Waals surface area contributed by atoms with Crippen molar-refractivity contribution in [2.75, 3.05) is 49.6 Å². The van der Waals surface area contributed by atoms with Gasteiger partial charge in [0.2, 0.25) is 5.95 Å². The first-order valence-electron chi connectivity index (χ1n) is 13.0. The smallest absolute Gasteiger partial charge is 0.378 e. The summed E-state index contributed by atoms with van der Waals surface area (Å²) in [5, 5.41) is 3.19. The molecule has 0 bridgehead atoms. The summed E-state index contributed by atoms with van der Waals surface area (Å²) in [6, 6.07) is 8.69. The van der Waals surface area contributed by atoms with E-state index in [0.29, 0.717) is 68.6 Å². The van der Waals surface area contributed by atoms with Gasteiger partial charge in [-0.05, 0) is 42.7 Å². The SMILES string of the molecule is Cc1ccccc1-c1nc(N2CCOCC2)nc2c1C(=O)N(Cc1cc(C(F)(F)F)cc(C(F)(F)F)c1)CCCN2. The number of aryl methyl sites for hydroxylation is 1. The fourth-order valence-corrected chi connectivity index (χ4v) is 4.94. The first-order valence-corrected chi connectivity index (χ1v) is 13.0. The predicted octanol–water partition coefficient (Wildman–Crippen LogP) is 5.78. The molecule has 3 aromatic rings. The summed E-state index contributed by atoms with van der Waals surface area (Å²) in [5.41, 5.74) is -1.20. The van der Waals surface area contributed by atoms with Crippen molar-refractivity contribution < 1.29 is 35.9 Å². The molecule has 218 valence electrons. The highest BCUT2D eigenvalue weighted by Gasteiger charge is 2.37. The van der Waals surface area contributed by atoms with Crippen LogP contribution in [0, 0.1) is 6.92 Å². The van der Waals surface area contributed by atoms with E-state index in [1.165, 1.54) is 4.90 Å². The topological polar surface area (TPSA) is 70.6 Å². The number of ether oxygens (including phenoxy) is 1.